The maximum atomic E-state index is 13.3. The molecule has 5 rings (SSSR count). The zero-order valence-corrected chi connectivity index (χ0v) is 23.4. The molecular weight excluding hydrogens is 513 g/mol. The van der Waals surface area contributed by atoms with Crippen molar-refractivity contribution in [2.45, 2.75) is 64.7 Å². The molecule has 4 heterocycles. The Morgan fingerprint density at radius 3 is 2.40 bits per heavy atom. The lowest BCUT2D eigenvalue weighted by atomic mass is 10.0. The molecule has 4 aromatic rings. The molecule has 0 spiro atoms. The van der Waals surface area contributed by atoms with Gasteiger partial charge in [0.25, 0.3) is 0 Å². The summed E-state index contributed by atoms with van der Waals surface area (Å²) in [4.78, 5) is 29.0. The van der Waals surface area contributed by atoms with Gasteiger partial charge in [0.2, 0.25) is 0 Å². The maximum absolute atomic E-state index is 13.3. The first-order valence-corrected chi connectivity index (χ1v) is 14.2. The van der Waals surface area contributed by atoms with Gasteiger partial charge in [0.1, 0.15) is 17.1 Å². The van der Waals surface area contributed by atoms with Crippen LogP contribution in [0.5, 0.6) is 0 Å². The number of H-pyrrole nitrogens is 2. The van der Waals surface area contributed by atoms with E-state index in [1.54, 1.807) is 18.6 Å². The van der Waals surface area contributed by atoms with E-state index in [1.807, 2.05) is 6.07 Å². The predicted octanol–water partition coefficient (Wildman–Crippen LogP) is 5.86. The lowest BCUT2D eigenvalue weighted by molar-refractivity contribution is 0.0480. The van der Waals surface area contributed by atoms with Crippen LogP contribution in [0.4, 0.5) is 9.18 Å². The SMILES string of the molecule is C1CCCCC1.CCCCCOCCOCCNC(N)=O.Fc1cnc2[nH]cc(-c3ncc4cc[nH]c4n3)c2c1. The minimum Gasteiger partial charge on any atom is -0.379 e. The number of nitrogens with zero attached hydrogens (tertiary/aromatic N) is 3. The number of rotatable bonds is 11. The van der Waals surface area contributed by atoms with E-state index in [0.717, 1.165) is 29.6 Å². The summed E-state index contributed by atoms with van der Waals surface area (Å²) in [6.07, 6.45) is 19.0. The maximum Gasteiger partial charge on any atom is 0.312 e. The number of unbranched alkanes of at least 4 members (excludes halogenated alkanes) is 2. The number of ether oxygens (including phenoxy) is 2. The molecule has 0 aromatic carbocycles. The van der Waals surface area contributed by atoms with Crippen LogP contribution >= 0.6 is 0 Å². The Balaban J connectivity index is 0.000000187. The van der Waals surface area contributed by atoms with Gasteiger partial charge in [-0.1, -0.05) is 58.3 Å². The molecule has 4 aromatic heterocycles. The Bertz CT molecular complexity index is 1260. The molecule has 0 saturated heterocycles. The smallest absolute Gasteiger partial charge is 0.312 e. The normalized spacial score (nSPS) is 12.8. The zero-order chi connectivity index (χ0) is 28.4. The fourth-order valence-electron chi connectivity index (χ4n) is 4.21. The van der Waals surface area contributed by atoms with Crippen molar-refractivity contribution in [1.82, 2.24) is 30.2 Å². The third-order valence-corrected chi connectivity index (χ3v) is 6.35. The summed E-state index contributed by atoms with van der Waals surface area (Å²) in [6, 6.07) is 2.81. The second-order valence-corrected chi connectivity index (χ2v) is 9.57. The van der Waals surface area contributed by atoms with Crippen molar-refractivity contribution in [3.05, 3.63) is 42.7 Å². The van der Waals surface area contributed by atoms with Crippen molar-refractivity contribution in [2.75, 3.05) is 33.0 Å². The molecule has 10 nitrogen and oxygen atoms in total. The van der Waals surface area contributed by atoms with Gasteiger partial charge in [-0.2, -0.15) is 0 Å². The molecule has 1 aliphatic rings. The molecule has 5 N–H and O–H groups in total. The quantitative estimate of drug-likeness (QED) is 0.171. The lowest BCUT2D eigenvalue weighted by Crippen LogP contribution is -2.32. The molecule has 1 aliphatic carbocycles. The van der Waals surface area contributed by atoms with Crippen LogP contribution in [0.1, 0.15) is 64.7 Å². The van der Waals surface area contributed by atoms with Crippen molar-refractivity contribution in [3.63, 3.8) is 0 Å². The van der Waals surface area contributed by atoms with E-state index < -0.39 is 6.03 Å². The molecule has 0 atom stereocenters. The van der Waals surface area contributed by atoms with Crippen LogP contribution in [-0.4, -0.2) is 63.9 Å². The number of hydrogen-bond acceptors (Lipinski definition) is 6. The minimum atomic E-state index is -0.519. The third-order valence-electron chi connectivity index (χ3n) is 6.35. The lowest BCUT2D eigenvalue weighted by Gasteiger charge is -2.05. The molecule has 11 heteroatoms. The van der Waals surface area contributed by atoms with Crippen LogP contribution < -0.4 is 11.1 Å². The van der Waals surface area contributed by atoms with Gasteiger partial charge in [-0.15, -0.1) is 0 Å². The monoisotopic (exact) mass is 555 g/mol. The highest BCUT2D eigenvalue weighted by Gasteiger charge is 2.11. The highest BCUT2D eigenvalue weighted by molar-refractivity contribution is 5.92. The molecule has 1 fully saturated rings. The van der Waals surface area contributed by atoms with Crippen molar-refractivity contribution in [1.29, 1.82) is 0 Å². The van der Waals surface area contributed by atoms with E-state index in [9.17, 15) is 9.18 Å². The summed E-state index contributed by atoms with van der Waals surface area (Å²) < 4.78 is 23.8. The number of carbonyl (C=O) groups is 1. The molecule has 0 radical (unpaired) electrons. The Hall–Kier alpha value is -3.57. The second kappa shape index (κ2) is 17.9. The number of hydrogen-bond donors (Lipinski definition) is 4. The summed E-state index contributed by atoms with van der Waals surface area (Å²) >= 11 is 0. The van der Waals surface area contributed by atoms with Gasteiger partial charge in [0.05, 0.1) is 26.0 Å². The molecule has 0 bridgehead atoms. The van der Waals surface area contributed by atoms with Gasteiger partial charge in [0.15, 0.2) is 5.82 Å². The number of carbonyl (C=O) groups excluding carboxylic acids is 1. The number of primary amides is 1. The van der Waals surface area contributed by atoms with Crippen LogP contribution in [0.25, 0.3) is 33.5 Å². The van der Waals surface area contributed by atoms with Gasteiger partial charge >= 0.3 is 6.03 Å². The minimum absolute atomic E-state index is 0.380. The second-order valence-electron chi connectivity index (χ2n) is 9.57. The zero-order valence-electron chi connectivity index (χ0n) is 23.4. The number of nitrogens with two attached hydrogens (primary N) is 1. The molecular formula is C29H42FN7O3. The number of aromatic amines is 2. The largest absolute Gasteiger partial charge is 0.379 e. The molecule has 0 aliphatic heterocycles. The highest BCUT2D eigenvalue weighted by atomic mass is 19.1. The summed E-state index contributed by atoms with van der Waals surface area (Å²) in [7, 11) is 0. The standard InChI is InChI=1S/C13H8FN5.C10H22N2O3.C6H12/c14-8-3-9-10(6-18-12(9)17-5-8)13-16-4-7-1-2-15-11(7)19-13;1-2-3-4-6-14-8-9-15-7-5-12-10(11)13;1-2-4-6-5-3-1/h1-6H,(H,17,18)(H,15,16,19);2-9H2,1H3,(H3,11,12,13);1-6H2. The molecule has 0 unspecified atom stereocenters. The van der Waals surface area contributed by atoms with Gasteiger partial charge in [-0.25, -0.2) is 24.1 Å². The average molecular weight is 556 g/mol. The number of fused-ring (bicyclic) bond motifs is 2. The van der Waals surface area contributed by atoms with E-state index in [-0.39, 0.29) is 5.82 Å². The topological polar surface area (TPSA) is 144 Å². The fourth-order valence-corrected chi connectivity index (χ4v) is 4.21. The van der Waals surface area contributed by atoms with Crippen molar-refractivity contribution < 1.29 is 18.7 Å². The number of urea groups is 1. The number of pyridine rings is 1. The summed E-state index contributed by atoms with van der Waals surface area (Å²) in [5.74, 6) is 0.155. The number of aromatic nitrogens is 5. The van der Waals surface area contributed by atoms with Crippen molar-refractivity contribution in [3.8, 4) is 11.4 Å². The molecule has 2 amide bonds. The Morgan fingerprint density at radius 1 is 0.975 bits per heavy atom. The van der Waals surface area contributed by atoms with Crippen molar-refractivity contribution >= 4 is 28.1 Å². The Morgan fingerprint density at radius 2 is 1.70 bits per heavy atom. The number of halogens is 1. The van der Waals surface area contributed by atoms with Crippen LogP contribution in [0.15, 0.2) is 36.9 Å². The first-order chi connectivity index (χ1) is 19.6. The van der Waals surface area contributed by atoms with Crippen LogP contribution in [0, 0.1) is 5.82 Å². The summed E-state index contributed by atoms with van der Waals surface area (Å²) in [5.41, 5.74) is 6.98. The van der Waals surface area contributed by atoms with E-state index in [0.29, 0.717) is 43.2 Å². The van der Waals surface area contributed by atoms with Gasteiger partial charge in [-0.3, -0.25) is 0 Å². The first-order valence-electron chi connectivity index (χ1n) is 14.2. The van der Waals surface area contributed by atoms with Crippen LogP contribution in [0.2, 0.25) is 0 Å². The van der Waals surface area contributed by atoms with E-state index >= 15 is 0 Å². The van der Waals surface area contributed by atoms with Crippen LogP contribution in [0.3, 0.4) is 0 Å². The van der Waals surface area contributed by atoms with E-state index in [1.165, 1.54) is 63.6 Å². The average Bonchev–Trinajstić information content (AvgIpc) is 3.62. The Kier molecular flexibility index (Phi) is 13.9. The summed E-state index contributed by atoms with van der Waals surface area (Å²) in [5, 5.41) is 4.05. The molecule has 218 valence electrons. The van der Waals surface area contributed by atoms with E-state index in [4.69, 9.17) is 15.2 Å². The van der Waals surface area contributed by atoms with E-state index in [2.05, 4.69) is 37.2 Å². The number of amides is 2. The number of nitrogens with one attached hydrogen (secondary N) is 3. The van der Waals surface area contributed by atoms with Gasteiger partial charge < -0.3 is 30.5 Å². The highest BCUT2D eigenvalue weighted by Crippen LogP contribution is 2.26. The fraction of sp³-hybridized carbons (Fsp3) is 0.517. The Labute approximate surface area is 234 Å². The summed E-state index contributed by atoms with van der Waals surface area (Å²) in [6.45, 7) is 5.06. The molecule has 1 saturated carbocycles. The van der Waals surface area contributed by atoms with Gasteiger partial charge in [0, 0.05) is 48.1 Å². The van der Waals surface area contributed by atoms with Gasteiger partial charge in [-0.05, 0) is 18.6 Å². The molecule has 40 heavy (non-hydrogen) atoms. The predicted molar refractivity (Wildman–Crippen MR) is 155 cm³/mol. The first kappa shape index (κ1) is 31.0. The van der Waals surface area contributed by atoms with Crippen molar-refractivity contribution in [2.24, 2.45) is 5.73 Å². The van der Waals surface area contributed by atoms with Crippen LogP contribution in [-0.2, 0) is 9.47 Å². The third kappa shape index (κ3) is 10.9.